The van der Waals surface area contributed by atoms with Crippen molar-refractivity contribution in [3.63, 3.8) is 0 Å². The average molecular weight is 310 g/mol. The largest absolute Gasteiger partial charge is 0.353 e. The Morgan fingerprint density at radius 1 is 1.38 bits per heavy atom. The molecule has 6 heteroatoms. The summed E-state index contributed by atoms with van der Waals surface area (Å²) in [6, 6.07) is 1.79. The molecule has 0 saturated carbocycles. The number of halogens is 1. The Morgan fingerprint density at radius 3 is 2.62 bits per heavy atom. The lowest BCUT2D eigenvalue weighted by molar-refractivity contribution is -0.124. The van der Waals surface area contributed by atoms with Gasteiger partial charge in [-0.1, -0.05) is 25.4 Å². The van der Waals surface area contributed by atoms with E-state index in [4.69, 9.17) is 11.6 Å². The summed E-state index contributed by atoms with van der Waals surface area (Å²) in [6.07, 6.45) is 4.58. The molecule has 0 bridgehead atoms. The van der Waals surface area contributed by atoms with Gasteiger partial charge < -0.3 is 10.2 Å². The van der Waals surface area contributed by atoms with Crippen molar-refractivity contribution in [3.05, 3.63) is 29.0 Å². The Bertz CT molecular complexity index is 525. The van der Waals surface area contributed by atoms with E-state index in [0.29, 0.717) is 23.7 Å². The molecule has 0 aliphatic carbocycles. The quantitative estimate of drug-likeness (QED) is 0.930. The van der Waals surface area contributed by atoms with Gasteiger partial charge in [-0.15, -0.1) is 0 Å². The molecule has 5 nitrogen and oxygen atoms in total. The van der Waals surface area contributed by atoms with Gasteiger partial charge in [0.15, 0.2) is 0 Å². The summed E-state index contributed by atoms with van der Waals surface area (Å²) >= 11 is 6.00. The van der Waals surface area contributed by atoms with Crippen molar-refractivity contribution in [2.45, 2.75) is 32.7 Å². The Hall–Kier alpha value is -1.62. The highest BCUT2D eigenvalue weighted by Gasteiger charge is 2.26. The lowest BCUT2D eigenvalue weighted by atomic mass is 10.0. The molecule has 2 amide bonds. The van der Waals surface area contributed by atoms with E-state index in [2.05, 4.69) is 10.3 Å². The highest BCUT2D eigenvalue weighted by Crippen LogP contribution is 2.19. The standard InChI is InChI=1S/C15H20ClN3O2/c1-10(2)14(20)18-11-4-7-19(8-5-11)15(21)12-3-6-17-9-13(12)16/h3,6,9-11H,4-5,7-8H2,1-2H3,(H,18,20). The second kappa shape index (κ2) is 6.89. The van der Waals surface area contributed by atoms with E-state index < -0.39 is 0 Å². The van der Waals surface area contributed by atoms with E-state index >= 15 is 0 Å². The normalized spacial score (nSPS) is 16.1. The second-order valence-electron chi connectivity index (χ2n) is 5.59. The molecule has 1 aliphatic rings. The summed E-state index contributed by atoms with van der Waals surface area (Å²) in [4.78, 5) is 29.7. The van der Waals surface area contributed by atoms with E-state index in [1.807, 2.05) is 13.8 Å². The van der Waals surface area contributed by atoms with Crippen molar-refractivity contribution in [2.24, 2.45) is 5.92 Å². The predicted molar refractivity (Wildman–Crippen MR) is 81.2 cm³/mol. The van der Waals surface area contributed by atoms with Crippen LogP contribution in [0, 0.1) is 5.92 Å². The van der Waals surface area contributed by atoms with E-state index in [0.717, 1.165) is 12.8 Å². The van der Waals surface area contributed by atoms with Crippen molar-refractivity contribution in [1.82, 2.24) is 15.2 Å². The smallest absolute Gasteiger partial charge is 0.255 e. The molecule has 1 N–H and O–H groups in total. The van der Waals surface area contributed by atoms with Crippen LogP contribution in [0.25, 0.3) is 0 Å². The molecule has 2 heterocycles. The first-order valence-electron chi connectivity index (χ1n) is 7.18. The van der Waals surface area contributed by atoms with Crippen LogP contribution in [0.15, 0.2) is 18.5 Å². The number of piperidine rings is 1. The molecule has 0 radical (unpaired) electrons. The number of carbonyl (C=O) groups is 2. The first kappa shape index (κ1) is 15.8. The number of aromatic nitrogens is 1. The lowest BCUT2D eigenvalue weighted by Crippen LogP contribution is -2.47. The fourth-order valence-electron chi connectivity index (χ4n) is 2.31. The van der Waals surface area contributed by atoms with Crippen molar-refractivity contribution in [2.75, 3.05) is 13.1 Å². The van der Waals surface area contributed by atoms with Crippen molar-refractivity contribution >= 4 is 23.4 Å². The SMILES string of the molecule is CC(C)C(=O)NC1CCN(C(=O)c2ccncc2Cl)CC1. The zero-order valence-corrected chi connectivity index (χ0v) is 13.1. The van der Waals surface area contributed by atoms with Gasteiger partial charge in [-0.05, 0) is 18.9 Å². The number of likely N-dealkylation sites (tertiary alicyclic amines) is 1. The van der Waals surface area contributed by atoms with Gasteiger partial charge in [-0.2, -0.15) is 0 Å². The Morgan fingerprint density at radius 2 is 2.05 bits per heavy atom. The van der Waals surface area contributed by atoms with Crippen LogP contribution in [0.2, 0.25) is 5.02 Å². The summed E-state index contributed by atoms with van der Waals surface area (Å²) in [5.41, 5.74) is 0.483. The van der Waals surface area contributed by atoms with Gasteiger partial charge in [-0.3, -0.25) is 14.6 Å². The summed E-state index contributed by atoms with van der Waals surface area (Å²) in [5.74, 6) is -0.0201. The first-order valence-corrected chi connectivity index (χ1v) is 7.56. The summed E-state index contributed by atoms with van der Waals surface area (Å²) in [6.45, 7) is 5.00. The molecule has 0 atom stereocenters. The van der Waals surface area contributed by atoms with Crippen molar-refractivity contribution < 1.29 is 9.59 Å². The summed E-state index contributed by atoms with van der Waals surface area (Å²) in [5, 5.41) is 3.39. The number of nitrogens with zero attached hydrogens (tertiary/aromatic N) is 2. The Kier molecular flexibility index (Phi) is 5.17. The molecule has 114 valence electrons. The van der Waals surface area contributed by atoms with Crippen LogP contribution in [0.5, 0.6) is 0 Å². The minimum Gasteiger partial charge on any atom is -0.353 e. The Balaban J connectivity index is 1.91. The number of nitrogens with one attached hydrogen (secondary N) is 1. The van der Waals surface area contributed by atoms with Crippen LogP contribution >= 0.6 is 11.6 Å². The van der Waals surface area contributed by atoms with Gasteiger partial charge >= 0.3 is 0 Å². The molecule has 1 fully saturated rings. The van der Waals surface area contributed by atoms with Crippen molar-refractivity contribution in [3.8, 4) is 0 Å². The third-order valence-electron chi connectivity index (χ3n) is 3.66. The van der Waals surface area contributed by atoms with E-state index in [1.165, 1.54) is 6.20 Å². The fourth-order valence-corrected chi connectivity index (χ4v) is 2.51. The highest BCUT2D eigenvalue weighted by atomic mass is 35.5. The summed E-state index contributed by atoms with van der Waals surface area (Å²) < 4.78 is 0. The van der Waals surface area contributed by atoms with Crippen LogP contribution in [-0.2, 0) is 4.79 Å². The molecule has 0 unspecified atom stereocenters. The molecule has 1 aromatic rings. The van der Waals surface area contributed by atoms with Gasteiger partial charge in [0.2, 0.25) is 5.91 Å². The van der Waals surface area contributed by atoms with Crippen LogP contribution in [0.1, 0.15) is 37.0 Å². The molecule has 1 aromatic heterocycles. The molecule has 1 saturated heterocycles. The van der Waals surface area contributed by atoms with E-state index in [9.17, 15) is 9.59 Å². The minimum absolute atomic E-state index is 0.0136. The average Bonchev–Trinajstić information content (AvgIpc) is 2.47. The third kappa shape index (κ3) is 3.94. The number of amides is 2. The van der Waals surface area contributed by atoms with Crippen LogP contribution in [0.4, 0.5) is 0 Å². The van der Waals surface area contributed by atoms with Gasteiger partial charge in [0.05, 0.1) is 10.6 Å². The zero-order valence-electron chi connectivity index (χ0n) is 12.3. The lowest BCUT2D eigenvalue weighted by Gasteiger charge is -2.33. The van der Waals surface area contributed by atoms with Gasteiger partial charge in [-0.25, -0.2) is 0 Å². The van der Waals surface area contributed by atoms with Crippen LogP contribution < -0.4 is 5.32 Å². The van der Waals surface area contributed by atoms with Gasteiger partial charge in [0, 0.05) is 37.4 Å². The van der Waals surface area contributed by atoms with Crippen molar-refractivity contribution in [1.29, 1.82) is 0 Å². The maximum Gasteiger partial charge on any atom is 0.255 e. The molecular formula is C15H20ClN3O2. The first-order chi connectivity index (χ1) is 9.99. The predicted octanol–water partition coefficient (Wildman–Crippen LogP) is 2.11. The number of carbonyl (C=O) groups excluding carboxylic acids is 2. The number of hydrogen-bond donors (Lipinski definition) is 1. The van der Waals surface area contributed by atoms with Crippen LogP contribution in [-0.4, -0.2) is 40.8 Å². The minimum atomic E-state index is -0.0731. The molecule has 1 aliphatic heterocycles. The Labute approximate surface area is 129 Å². The maximum atomic E-state index is 12.4. The van der Waals surface area contributed by atoms with E-state index in [-0.39, 0.29) is 23.8 Å². The van der Waals surface area contributed by atoms with Gasteiger partial charge in [0.1, 0.15) is 0 Å². The monoisotopic (exact) mass is 309 g/mol. The number of hydrogen-bond acceptors (Lipinski definition) is 3. The van der Waals surface area contributed by atoms with Gasteiger partial charge in [0.25, 0.3) is 5.91 Å². The maximum absolute atomic E-state index is 12.4. The molecular weight excluding hydrogens is 290 g/mol. The fraction of sp³-hybridized carbons (Fsp3) is 0.533. The molecule has 0 spiro atoms. The highest BCUT2D eigenvalue weighted by molar-refractivity contribution is 6.33. The zero-order chi connectivity index (χ0) is 15.4. The second-order valence-corrected chi connectivity index (χ2v) is 5.99. The molecule has 21 heavy (non-hydrogen) atoms. The molecule has 2 rings (SSSR count). The molecule has 0 aromatic carbocycles. The number of rotatable bonds is 3. The number of pyridine rings is 1. The van der Waals surface area contributed by atoms with E-state index in [1.54, 1.807) is 17.2 Å². The van der Waals surface area contributed by atoms with Crippen LogP contribution in [0.3, 0.4) is 0 Å². The summed E-state index contributed by atoms with van der Waals surface area (Å²) in [7, 11) is 0. The third-order valence-corrected chi connectivity index (χ3v) is 3.96. The topological polar surface area (TPSA) is 62.3 Å².